The Bertz CT molecular complexity index is 1210. The quantitative estimate of drug-likeness (QED) is 0.363. The van der Waals surface area contributed by atoms with Crippen molar-refractivity contribution >= 4 is 37.5 Å². The zero-order chi connectivity index (χ0) is 24.0. The highest BCUT2D eigenvalue weighted by Crippen LogP contribution is 2.29. The van der Waals surface area contributed by atoms with Crippen molar-refractivity contribution in [2.24, 2.45) is 0 Å². The molecule has 33 heavy (non-hydrogen) atoms. The zero-order valence-electron chi connectivity index (χ0n) is 18.7. The van der Waals surface area contributed by atoms with Gasteiger partial charge in [0.1, 0.15) is 11.5 Å². The number of methoxy groups -OCH3 is 1. The third-order valence-electron chi connectivity index (χ3n) is 4.98. The number of rotatable bonds is 9. The van der Waals surface area contributed by atoms with Gasteiger partial charge in [-0.2, -0.15) is 4.31 Å². The summed E-state index contributed by atoms with van der Waals surface area (Å²) < 4.78 is 39.2. The number of aryl methyl sites for hydroxylation is 2. The molecule has 0 N–H and O–H groups in total. The maximum absolute atomic E-state index is 13.4. The van der Waals surface area contributed by atoms with Gasteiger partial charge in [-0.3, -0.25) is 4.79 Å². The fourth-order valence-corrected chi connectivity index (χ4v) is 5.21. The third-order valence-corrected chi connectivity index (χ3v) is 7.36. The van der Waals surface area contributed by atoms with Gasteiger partial charge in [-0.15, -0.1) is 0 Å². The summed E-state index contributed by atoms with van der Waals surface area (Å²) in [6, 6.07) is 18.2. The van der Waals surface area contributed by atoms with Gasteiger partial charge in [0.15, 0.2) is 6.61 Å². The summed E-state index contributed by atoms with van der Waals surface area (Å²) in [5.41, 5.74) is 2.25. The van der Waals surface area contributed by atoms with Crippen LogP contribution in [-0.4, -0.2) is 28.0 Å². The average Bonchev–Trinajstić information content (AvgIpc) is 2.79. The molecule has 6 nitrogen and oxygen atoms in total. The summed E-state index contributed by atoms with van der Waals surface area (Å²) in [4.78, 5) is 13.2. The number of carbonyl (C=O) groups excluding carboxylic acids is 1. The maximum Gasteiger partial charge on any atom is 0.278 e. The summed E-state index contributed by atoms with van der Waals surface area (Å²) in [6.07, 6.45) is 1.94. The van der Waals surface area contributed by atoms with Crippen LogP contribution in [0.5, 0.6) is 11.5 Å². The van der Waals surface area contributed by atoms with Crippen LogP contribution in [-0.2, 0) is 21.2 Å². The van der Waals surface area contributed by atoms with Gasteiger partial charge in [0.25, 0.3) is 15.9 Å². The highest BCUT2D eigenvalue weighted by Gasteiger charge is 2.31. The van der Waals surface area contributed by atoms with E-state index in [1.54, 1.807) is 30.3 Å². The summed E-state index contributed by atoms with van der Waals surface area (Å²) in [7, 11) is -2.65. The molecule has 0 unspecified atom stereocenters. The van der Waals surface area contributed by atoms with Gasteiger partial charge >= 0.3 is 0 Å². The summed E-state index contributed by atoms with van der Waals surface area (Å²) in [5, 5.41) is 0. The first-order chi connectivity index (χ1) is 15.8. The van der Waals surface area contributed by atoms with E-state index in [2.05, 4.69) is 22.9 Å². The van der Waals surface area contributed by atoms with Crippen molar-refractivity contribution in [1.82, 2.24) is 0 Å². The predicted molar refractivity (Wildman–Crippen MR) is 132 cm³/mol. The second-order valence-electron chi connectivity index (χ2n) is 7.48. The van der Waals surface area contributed by atoms with Crippen LogP contribution >= 0.6 is 15.9 Å². The van der Waals surface area contributed by atoms with Crippen molar-refractivity contribution < 1.29 is 22.7 Å². The molecule has 1 amide bonds. The highest BCUT2D eigenvalue weighted by molar-refractivity contribution is 9.10. The van der Waals surface area contributed by atoms with E-state index in [0.29, 0.717) is 16.0 Å². The van der Waals surface area contributed by atoms with Crippen molar-refractivity contribution in [3.63, 3.8) is 0 Å². The molecule has 0 aliphatic rings. The topological polar surface area (TPSA) is 72.9 Å². The van der Waals surface area contributed by atoms with E-state index in [4.69, 9.17) is 9.47 Å². The van der Waals surface area contributed by atoms with Gasteiger partial charge < -0.3 is 9.47 Å². The SMILES string of the molecule is CCCc1ccc(OCC(=O)N(c2ccc(OC)cc2)S(=O)(=O)c2ccc(C)cc2)c(Br)c1. The van der Waals surface area contributed by atoms with Crippen LogP contribution in [0.3, 0.4) is 0 Å². The van der Waals surface area contributed by atoms with E-state index in [1.807, 2.05) is 19.1 Å². The Morgan fingerprint density at radius 1 is 1.00 bits per heavy atom. The highest BCUT2D eigenvalue weighted by atomic mass is 79.9. The van der Waals surface area contributed by atoms with Crippen LogP contribution in [0.1, 0.15) is 24.5 Å². The second kappa shape index (κ2) is 10.9. The molecule has 0 radical (unpaired) electrons. The van der Waals surface area contributed by atoms with Crippen LogP contribution in [0.2, 0.25) is 0 Å². The van der Waals surface area contributed by atoms with Crippen molar-refractivity contribution in [1.29, 1.82) is 0 Å². The molecule has 0 saturated carbocycles. The molecule has 3 aromatic carbocycles. The number of ether oxygens (including phenoxy) is 2. The van der Waals surface area contributed by atoms with Crippen LogP contribution in [0.4, 0.5) is 5.69 Å². The Balaban J connectivity index is 1.91. The molecule has 0 spiro atoms. The largest absolute Gasteiger partial charge is 0.497 e. The number of amides is 1. The molecule has 3 aromatic rings. The zero-order valence-corrected chi connectivity index (χ0v) is 21.1. The second-order valence-corrected chi connectivity index (χ2v) is 10.1. The first-order valence-corrected chi connectivity index (χ1v) is 12.7. The number of halogens is 1. The lowest BCUT2D eigenvalue weighted by atomic mass is 10.1. The van der Waals surface area contributed by atoms with E-state index < -0.39 is 22.5 Å². The lowest BCUT2D eigenvalue weighted by Crippen LogP contribution is -2.40. The van der Waals surface area contributed by atoms with Crippen molar-refractivity contribution in [3.8, 4) is 11.5 Å². The smallest absolute Gasteiger partial charge is 0.278 e. The Morgan fingerprint density at radius 3 is 2.24 bits per heavy atom. The first-order valence-electron chi connectivity index (χ1n) is 10.5. The average molecular weight is 532 g/mol. The van der Waals surface area contributed by atoms with Gasteiger partial charge in [0.05, 0.1) is 22.2 Å². The van der Waals surface area contributed by atoms with Crippen LogP contribution < -0.4 is 13.8 Å². The van der Waals surface area contributed by atoms with Gasteiger partial charge in [-0.1, -0.05) is 37.1 Å². The number of hydrogen-bond donors (Lipinski definition) is 0. The van der Waals surface area contributed by atoms with Gasteiger partial charge in [-0.25, -0.2) is 8.42 Å². The molecule has 3 rings (SSSR count). The first kappa shape index (κ1) is 24.8. The standard InChI is InChI=1S/C25H26BrNO5S/c1-4-5-19-8-15-24(23(26)16-19)32-17-25(28)27(20-9-11-21(31-3)12-10-20)33(29,30)22-13-6-18(2)7-14-22/h6-16H,4-5,17H2,1-3H3. The Kier molecular flexibility index (Phi) is 8.15. The summed E-state index contributed by atoms with van der Waals surface area (Å²) in [5.74, 6) is 0.294. The molecular formula is C25H26BrNO5S. The molecule has 0 aromatic heterocycles. The van der Waals surface area contributed by atoms with Gasteiger partial charge in [-0.05, 0) is 83.4 Å². The van der Waals surface area contributed by atoms with E-state index >= 15 is 0 Å². The van der Waals surface area contributed by atoms with Crippen molar-refractivity contribution in [2.75, 3.05) is 18.0 Å². The Morgan fingerprint density at radius 2 is 1.67 bits per heavy atom. The van der Waals surface area contributed by atoms with Crippen molar-refractivity contribution in [2.45, 2.75) is 31.6 Å². The van der Waals surface area contributed by atoms with Crippen LogP contribution in [0.25, 0.3) is 0 Å². The molecule has 0 bridgehead atoms. The molecule has 0 atom stereocenters. The number of carbonyl (C=O) groups is 1. The molecular weight excluding hydrogens is 506 g/mol. The number of benzene rings is 3. The predicted octanol–water partition coefficient (Wildman–Crippen LogP) is 5.52. The third kappa shape index (κ3) is 5.94. The van der Waals surface area contributed by atoms with E-state index in [0.717, 1.165) is 28.3 Å². The minimum atomic E-state index is -4.17. The molecule has 0 fully saturated rings. The lowest BCUT2D eigenvalue weighted by molar-refractivity contribution is -0.119. The molecule has 0 saturated heterocycles. The number of anilines is 1. The number of sulfonamides is 1. The fourth-order valence-electron chi connectivity index (χ4n) is 3.25. The molecule has 0 aliphatic heterocycles. The van der Waals surface area contributed by atoms with Gasteiger partial charge in [0.2, 0.25) is 0 Å². The Labute approximate surface area is 203 Å². The monoisotopic (exact) mass is 531 g/mol. The molecule has 8 heteroatoms. The summed E-state index contributed by atoms with van der Waals surface area (Å²) in [6.45, 7) is 3.50. The number of hydrogen-bond acceptors (Lipinski definition) is 5. The normalized spacial score (nSPS) is 11.2. The number of nitrogens with zero attached hydrogens (tertiary/aromatic N) is 1. The van der Waals surface area contributed by atoms with E-state index in [1.165, 1.54) is 31.4 Å². The summed E-state index contributed by atoms with van der Waals surface area (Å²) >= 11 is 3.47. The lowest BCUT2D eigenvalue weighted by Gasteiger charge is -2.23. The maximum atomic E-state index is 13.4. The molecule has 0 aliphatic carbocycles. The molecule has 174 valence electrons. The minimum absolute atomic E-state index is 0.0161. The minimum Gasteiger partial charge on any atom is -0.497 e. The van der Waals surface area contributed by atoms with E-state index in [-0.39, 0.29) is 10.6 Å². The fraction of sp³-hybridized carbons (Fsp3) is 0.240. The van der Waals surface area contributed by atoms with Crippen LogP contribution in [0, 0.1) is 6.92 Å². The van der Waals surface area contributed by atoms with Crippen molar-refractivity contribution in [3.05, 3.63) is 82.3 Å². The molecule has 0 heterocycles. The van der Waals surface area contributed by atoms with Gasteiger partial charge in [0, 0.05) is 0 Å². The van der Waals surface area contributed by atoms with E-state index in [9.17, 15) is 13.2 Å². The Hall–Kier alpha value is -2.84. The van der Waals surface area contributed by atoms with Crippen LogP contribution in [0.15, 0.2) is 76.1 Å².